The third-order valence-corrected chi connectivity index (χ3v) is 4.81. The van der Waals surface area contributed by atoms with Crippen molar-refractivity contribution in [1.29, 1.82) is 0 Å². The molecular weight excluding hydrogens is 451 g/mol. The molecule has 0 radical (unpaired) electrons. The van der Waals surface area contributed by atoms with Crippen molar-refractivity contribution in [3.63, 3.8) is 0 Å². The summed E-state index contributed by atoms with van der Waals surface area (Å²) in [6.07, 6.45) is 4.28. The number of hydrogen-bond donors (Lipinski definition) is 2. The van der Waals surface area contributed by atoms with E-state index < -0.39 is 24.3 Å². The molecule has 0 bridgehead atoms. The van der Waals surface area contributed by atoms with Crippen LogP contribution in [0.1, 0.15) is 32.3 Å². The minimum absolute atomic E-state index is 0.0494. The smallest absolute Gasteiger partial charge is 0.494 e. The van der Waals surface area contributed by atoms with Crippen LogP contribution in [-0.2, 0) is 20.9 Å². The van der Waals surface area contributed by atoms with Crippen molar-refractivity contribution in [1.82, 2.24) is 5.32 Å². The summed E-state index contributed by atoms with van der Waals surface area (Å²) in [6, 6.07) is 4.56. The van der Waals surface area contributed by atoms with Gasteiger partial charge in [-0.05, 0) is 60.8 Å². The van der Waals surface area contributed by atoms with Crippen LogP contribution in [0.2, 0.25) is 0 Å². The fraction of sp³-hybridized carbons (Fsp3) is 0.280. The minimum atomic E-state index is -4.76. The number of ether oxygens (including phenoxy) is 2. The Hall–Kier alpha value is -3.75. The van der Waals surface area contributed by atoms with Gasteiger partial charge in [0.25, 0.3) is 5.91 Å². The molecule has 2 rings (SSSR count). The Balaban J connectivity index is 2.01. The molecule has 1 aromatic carbocycles. The molecule has 1 aromatic rings. The number of benzene rings is 1. The first-order chi connectivity index (χ1) is 16.0. The van der Waals surface area contributed by atoms with Gasteiger partial charge in [-0.1, -0.05) is 43.9 Å². The lowest BCUT2D eigenvalue weighted by Crippen LogP contribution is -2.40. The number of carbonyl (C=O) groups is 2. The molecule has 0 saturated carbocycles. The number of rotatable bonds is 9. The van der Waals surface area contributed by atoms with Crippen LogP contribution >= 0.6 is 0 Å². The molecule has 1 atom stereocenters. The first-order valence-electron chi connectivity index (χ1n) is 10.4. The number of allylic oxidation sites excluding steroid dienone is 7. The summed E-state index contributed by atoms with van der Waals surface area (Å²) < 4.78 is 46.6. The van der Waals surface area contributed by atoms with Crippen LogP contribution in [0.3, 0.4) is 0 Å². The van der Waals surface area contributed by atoms with Gasteiger partial charge >= 0.3 is 12.3 Å². The summed E-state index contributed by atoms with van der Waals surface area (Å²) in [5.41, 5.74) is 2.33. The first-order valence-corrected chi connectivity index (χ1v) is 10.4. The van der Waals surface area contributed by atoms with Gasteiger partial charge in [0.1, 0.15) is 18.4 Å². The highest BCUT2D eigenvalue weighted by Gasteiger charge is 2.31. The standard InChI is InChI=1S/C25H26F3NO5/c1-4-22(24(31)32)29-23(30)20-10-8-16(2)19(12-13-20)11-9-17(3)33-15-18-6-5-7-21(14-18)34-25(26,27)28/h5-11,13-14,22H,2,4,12,15H2,1,3H3,(H,29,30)(H,31,32)/b17-9+,19-11-. The van der Waals surface area contributed by atoms with E-state index in [-0.39, 0.29) is 18.8 Å². The quantitative estimate of drug-likeness (QED) is 0.468. The molecule has 182 valence electrons. The molecule has 1 amide bonds. The normalized spacial score (nSPS) is 16.5. The number of carboxylic acid groups (broad SMARTS) is 1. The van der Waals surface area contributed by atoms with Crippen molar-refractivity contribution in [3.05, 3.63) is 89.3 Å². The SMILES string of the molecule is C=C1C=CC(C(=O)NC(CC)C(=O)O)=CC/C1=C/C=C(\C)OCc1cccc(OC(F)(F)F)c1. The highest BCUT2D eigenvalue weighted by molar-refractivity contribution is 5.98. The molecule has 0 heterocycles. The van der Waals surface area contributed by atoms with E-state index in [9.17, 15) is 22.8 Å². The molecule has 0 aromatic heterocycles. The van der Waals surface area contributed by atoms with E-state index in [0.29, 0.717) is 28.9 Å². The third kappa shape index (κ3) is 8.65. The molecule has 0 spiro atoms. The van der Waals surface area contributed by atoms with Gasteiger partial charge in [-0.3, -0.25) is 4.79 Å². The van der Waals surface area contributed by atoms with Gasteiger partial charge in [0.2, 0.25) is 0 Å². The maximum atomic E-state index is 12.4. The van der Waals surface area contributed by atoms with Gasteiger partial charge in [-0.2, -0.15) is 0 Å². The molecule has 34 heavy (non-hydrogen) atoms. The number of amides is 1. The van der Waals surface area contributed by atoms with Gasteiger partial charge in [-0.15, -0.1) is 13.2 Å². The van der Waals surface area contributed by atoms with Gasteiger partial charge in [0.15, 0.2) is 0 Å². The number of hydrogen-bond acceptors (Lipinski definition) is 4. The zero-order valence-corrected chi connectivity index (χ0v) is 18.8. The zero-order chi connectivity index (χ0) is 25.3. The molecule has 1 aliphatic carbocycles. The molecule has 1 unspecified atom stereocenters. The number of nitrogens with one attached hydrogen (secondary N) is 1. The lowest BCUT2D eigenvalue weighted by atomic mass is 10.0. The van der Waals surface area contributed by atoms with Crippen molar-refractivity contribution in [2.75, 3.05) is 0 Å². The average Bonchev–Trinajstić information content (AvgIpc) is 2.94. The van der Waals surface area contributed by atoms with E-state index in [4.69, 9.17) is 9.84 Å². The van der Waals surface area contributed by atoms with E-state index in [0.717, 1.165) is 5.57 Å². The molecule has 9 heteroatoms. The summed E-state index contributed by atoms with van der Waals surface area (Å²) in [4.78, 5) is 23.5. The van der Waals surface area contributed by atoms with Crippen LogP contribution in [-0.4, -0.2) is 29.4 Å². The van der Waals surface area contributed by atoms with E-state index in [1.165, 1.54) is 18.2 Å². The molecule has 6 nitrogen and oxygen atoms in total. The highest BCUT2D eigenvalue weighted by atomic mass is 19.4. The van der Waals surface area contributed by atoms with Crippen LogP contribution in [0.4, 0.5) is 13.2 Å². The van der Waals surface area contributed by atoms with Crippen LogP contribution in [0.5, 0.6) is 5.75 Å². The Morgan fingerprint density at radius 1 is 1.29 bits per heavy atom. The predicted molar refractivity (Wildman–Crippen MR) is 121 cm³/mol. The second-order valence-corrected chi connectivity index (χ2v) is 7.45. The number of alkyl halides is 3. The maximum Gasteiger partial charge on any atom is 0.573 e. The second kappa shape index (κ2) is 11.9. The summed E-state index contributed by atoms with van der Waals surface area (Å²) in [6.45, 7) is 7.40. The van der Waals surface area contributed by atoms with Crippen molar-refractivity contribution < 1.29 is 37.3 Å². The Bertz CT molecular complexity index is 1050. The molecule has 0 aliphatic heterocycles. The van der Waals surface area contributed by atoms with Crippen molar-refractivity contribution in [2.45, 2.75) is 45.7 Å². The lowest BCUT2D eigenvalue weighted by molar-refractivity contribution is -0.274. The number of carboxylic acids is 1. The minimum Gasteiger partial charge on any atom is -0.494 e. The summed E-state index contributed by atoms with van der Waals surface area (Å²) in [5.74, 6) is -1.38. The fourth-order valence-electron chi connectivity index (χ4n) is 2.94. The number of carbonyl (C=O) groups excluding carboxylic acids is 1. The van der Waals surface area contributed by atoms with Gasteiger partial charge in [-0.25, -0.2) is 4.79 Å². The van der Waals surface area contributed by atoms with Crippen molar-refractivity contribution in [3.8, 4) is 5.75 Å². The summed E-state index contributed by atoms with van der Waals surface area (Å²) >= 11 is 0. The Morgan fingerprint density at radius 2 is 2.03 bits per heavy atom. The number of halogens is 3. The predicted octanol–water partition coefficient (Wildman–Crippen LogP) is 5.35. The van der Waals surface area contributed by atoms with Crippen molar-refractivity contribution in [2.24, 2.45) is 0 Å². The number of aliphatic carboxylic acids is 1. The molecule has 2 N–H and O–H groups in total. The topological polar surface area (TPSA) is 84.9 Å². The van der Waals surface area contributed by atoms with Crippen molar-refractivity contribution >= 4 is 11.9 Å². The zero-order valence-electron chi connectivity index (χ0n) is 18.8. The van der Waals surface area contributed by atoms with E-state index >= 15 is 0 Å². The van der Waals surface area contributed by atoms with Crippen LogP contribution < -0.4 is 10.1 Å². The Kier molecular flexibility index (Phi) is 9.29. The Morgan fingerprint density at radius 3 is 2.68 bits per heavy atom. The van der Waals surface area contributed by atoms with E-state index in [1.54, 1.807) is 50.3 Å². The maximum absolute atomic E-state index is 12.4. The lowest BCUT2D eigenvalue weighted by Gasteiger charge is -2.12. The van der Waals surface area contributed by atoms with Gasteiger partial charge in [0, 0.05) is 5.57 Å². The highest BCUT2D eigenvalue weighted by Crippen LogP contribution is 2.24. The molecular formula is C25H26F3NO5. The largest absolute Gasteiger partial charge is 0.573 e. The Labute approximate surface area is 195 Å². The fourth-order valence-corrected chi connectivity index (χ4v) is 2.94. The van der Waals surface area contributed by atoms with Gasteiger partial charge in [0.05, 0.1) is 5.76 Å². The summed E-state index contributed by atoms with van der Waals surface area (Å²) in [7, 11) is 0. The molecule has 0 fully saturated rings. The van der Waals surface area contributed by atoms with E-state index in [2.05, 4.69) is 16.6 Å². The van der Waals surface area contributed by atoms with Crippen LogP contribution in [0.15, 0.2) is 83.7 Å². The molecule has 0 saturated heterocycles. The van der Waals surface area contributed by atoms with Crippen LogP contribution in [0.25, 0.3) is 0 Å². The van der Waals surface area contributed by atoms with Crippen LogP contribution in [0, 0.1) is 0 Å². The first kappa shape index (κ1) is 26.5. The second-order valence-electron chi connectivity index (χ2n) is 7.45. The average molecular weight is 477 g/mol. The monoisotopic (exact) mass is 477 g/mol. The van der Waals surface area contributed by atoms with E-state index in [1.807, 2.05) is 0 Å². The third-order valence-electron chi connectivity index (χ3n) is 4.81. The summed E-state index contributed by atoms with van der Waals surface area (Å²) in [5, 5.41) is 11.6. The molecule has 1 aliphatic rings. The van der Waals surface area contributed by atoms with Gasteiger partial charge < -0.3 is 19.9 Å².